The summed E-state index contributed by atoms with van der Waals surface area (Å²) in [6.07, 6.45) is 2.13. The number of rotatable bonds is 2. The van der Waals surface area contributed by atoms with Gasteiger partial charge in [-0.2, -0.15) is 0 Å². The number of amides is 1. The molecular formula is C14H19ClN2O. The fourth-order valence-electron chi connectivity index (χ4n) is 2.23. The standard InChI is InChI=1S/C14H19ClN2O/c1-9-5-6-11(8-12(9)15)14(18)17-13-4-3-7-16-10(13)2/h5-6,8,10,13,16H,3-4,7H2,1-2H3,(H,17,18). The fourth-order valence-corrected chi connectivity index (χ4v) is 2.41. The Bertz CT molecular complexity index is 447. The summed E-state index contributed by atoms with van der Waals surface area (Å²) in [5, 5.41) is 7.08. The van der Waals surface area contributed by atoms with E-state index in [0.717, 1.165) is 24.9 Å². The first kappa shape index (κ1) is 13.4. The van der Waals surface area contributed by atoms with Gasteiger partial charge in [-0.15, -0.1) is 0 Å². The Morgan fingerprint density at radius 2 is 2.28 bits per heavy atom. The number of halogens is 1. The Hall–Kier alpha value is -1.06. The highest BCUT2D eigenvalue weighted by atomic mass is 35.5. The first-order valence-electron chi connectivity index (χ1n) is 6.38. The van der Waals surface area contributed by atoms with Crippen LogP contribution < -0.4 is 10.6 Å². The maximum absolute atomic E-state index is 12.1. The number of piperidine rings is 1. The average Bonchev–Trinajstić information content (AvgIpc) is 2.35. The van der Waals surface area contributed by atoms with Gasteiger partial charge in [0.1, 0.15) is 0 Å². The van der Waals surface area contributed by atoms with Crippen LogP contribution in [-0.2, 0) is 0 Å². The van der Waals surface area contributed by atoms with E-state index in [-0.39, 0.29) is 11.9 Å². The average molecular weight is 267 g/mol. The van der Waals surface area contributed by atoms with Gasteiger partial charge >= 0.3 is 0 Å². The number of aryl methyl sites for hydroxylation is 1. The van der Waals surface area contributed by atoms with Gasteiger partial charge in [0, 0.05) is 22.7 Å². The molecule has 2 atom stereocenters. The molecule has 0 spiro atoms. The lowest BCUT2D eigenvalue weighted by Gasteiger charge is -2.30. The SMILES string of the molecule is Cc1ccc(C(=O)NC2CCCNC2C)cc1Cl. The Morgan fingerprint density at radius 1 is 1.50 bits per heavy atom. The lowest BCUT2D eigenvalue weighted by Crippen LogP contribution is -2.51. The van der Waals surface area contributed by atoms with Crippen LogP contribution in [-0.4, -0.2) is 24.5 Å². The van der Waals surface area contributed by atoms with Gasteiger partial charge in [-0.1, -0.05) is 17.7 Å². The molecule has 0 aromatic heterocycles. The van der Waals surface area contributed by atoms with E-state index in [2.05, 4.69) is 17.6 Å². The van der Waals surface area contributed by atoms with E-state index in [1.807, 2.05) is 19.1 Å². The summed E-state index contributed by atoms with van der Waals surface area (Å²) < 4.78 is 0. The molecule has 18 heavy (non-hydrogen) atoms. The summed E-state index contributed by atoms with van der Waals surface area (Å²) in [5.74, 6) is -0.0440. The number of nitrogens with one attached hydrogen (secondary N) is 2. The molecule has 1 heterocycles. The summed E-state index contributed by atoms with van der Waals surface area (Å²) in [6.45, 7) is 5.06. The zero-order valence-corrected chi connectivity index (χ0v) is 11.6. The van der Waals surface area contributed by atoms with Crippen molar-refractivity contribution >= 4 is 17.5 Å². The minimum Gasteiger partial charge on any atom is -0.348 e. The van der Waals surface area contributed by atoms with Crippen molar-refractivity contribution in [2.75, 3.05) is 6.54 Å². The van der Waals surface area contributed by atoms with Crippen LogP contribution in [0.4, 0.5) is 0 Å². The zero-order valence-electron chi connectivity index (χ0n) is 10.8. The highest BCUT2D eigenvalue weighted by molar-refractivity contribution is 6.31. The summed E-state index contributed by atoms with van der Waals surface area (Å²) in [7, 11) is 0. The van der Waals surface area contributed by atoms with E-state index in [9.17, 15) is 4.79 Å². The van der Waals surface area contributed by atoms with E-state index < -0.39 is 0 Å². The van der Waals surface area contributed by atoms with Crippen molar-refractivity contribution in [3.8, 4) is 0 Å². The number of carbonyl (C=O) groups is 1. The van der Waals surface area contributed by atoms with E-state index in [4.69, 9.17) is 11.6 Å². The van der Waals surface area contributed by atoms with Gasteiger partial charge in [-0.3, -0.25) is 4.79 Å². The van der Waals surface area contributed by atoms with Crippen molar-refractivity contribution in [2.24, 2.45) is 0 Å². The first-order valence-corrected chi connectivity index (χ1v) is 6.76. The molecular weight excluding hydrogens is 248 g/mol. The van der Waals surface area contributed by atoms with Gasteiger partial charge in [-0.25, -0.2) is 0 Å². The summed E-state index contributed by atoms with van der Waals surface area (Å²) in [4.78, 5) is 12.1. The minimum absolute atomic E-state index is 0.0440. The van der Waals surface area contributed by atoms with Crippen molar-refractivity contribution in [1.82, 2.24) is 10.6 Å². The number of benzene rings is 1. The van der Waals surface area contributed by atoms with Crippen LogP contribution in [0.5, 0.6) is 0 Å². The molecule has 0 radical (unpaired) electrons. The second-order valence-corrected chi connectivity index (χ2v) is 5.34. The Kier molecular flexibility index (Phi) is 4.25. The Labute approximate surface area is 113 Å². The third-order valence-electron chi connectivity index (χ3n) is 3.51. The lowest BCUT2D eigenvalue weighted by molar-refractivity contribution is 0.0920. The molecule has 1 aromatic carbocycles. The van der Waals surface area contributed by atoms with Crippen molar-refractivity contribution in [3.63, 3.8) is 0 Å². The molecule has 0 saturated carbocycles. The van der Waals surface area contributed by atoms with Crippen LogP contribution >= 0.6 is 11.6 Å². The summed E-state index contributed by atoms with van der Waals surface area (Å²) in [6, 6.07) is 5.94. The summed E-state index contributed by atoms with van der Waals surface area (Å²) >= 11 is 6.04. The highest BCUT2D eigenvalue weighted by Crippen LogP contribution is 2.17. The van der Waals surface area contributed by atoms with E-state index in [1.165, 1.54) is 0 Å². The molecule has 1 amide bonds. The second kappa shape index (κ2) is 5.72. The van der Waals surface area contributed by atoms with Gasteiger partial charge in [0.2, 0.25) is 0 Å². The van der Waals surface area contributed by atoms with Crippen molar-refractivity contribution in [3.05, 3.63) is 34.3 Å². The molecule has 4 heteroatoms. The van der Waals surface area contributed by atoms with E-state index in [1.54, 1.807) is 6.07 Å². The van der Waals surface area contributed by atoms with Gasteiger partial charge in [-0.05, 0) is 50.9 Å². The molecule has 1 fully saturated rings. The van der Waals surface area contributed by atoms with Crippen LogP contribution in [0.3, 0.4) is 0 Å². The Balaban J connectivity index is 2.04. The fraction of sp³-hybridized carbons (Fsp3) is 0.500. The molecule has 2 unspecified atom stereocenters. The summed E-state index contributed by atoms with van der Waals surface area (Å²) in [5.41, 5.74) is 1.62. The van der Waals surface area contributed by atoms with Gasteiger partial charge in [0.25, 0.3) is 5.91 Å². The Morgan fingerprint density at radius 3 is 2.94 bits per heavy atom. The van der Waals surface area contributed by atoms with Gasteiger partial charge in [0.15, 0.2) is 0 Å². The van der Waals surface area contributed by atoms with Crippen LogP contribution in [0.25, 0.3) is 0 Å². The van der Waals surface area contributed by atoms with E-state index in [0.29, 0.717) is 16.6 Å². The smallest absolute Gasteiger partial charge is 0.251 e. The molecule has 98 valence electrons. The maximum Gasteiger partial charge on any atom is 0.251 e. The monoisotopic (exact) mass is 266 g/mol. The topological polar surface area (TPSA) is 41.1 Å². The highest BCUT2D eigenvalue weighted by Gasteiger charge is 2.22. The third kappa shape index (κ3) is 3.03. The molecule has 1 saturated heterocycles. The first-order chi connectivity index (χ1) is 8.58. The van der Waals surface area contributed by atoms with Crippen molar-refractivity contribution in [2.45, 2.75) is 38.8 Å². The minimum atomic E-state index is -0.0440. The molecule has 0 bridgehead atoms. The van der Waals surface area contributed by atoms with Crippen molar-refractivity contribution in [1.29, 1.82) is 0 Å². The van der Waals surface area contributed by atoms with Crippen LogP contribution in [0.2, 0.25) is 5.02 Å². The predicted molar refractivity (Wildman–Crippen MR) is 74.1 cm³/mol. The van der Waals surface area contributed by atoms with Crippen molar-refractivity contribution < 1.29 is 4.79 Å². The molecule has 1 aromatic rings. The molecule has 2 rings (SSSR count). The largest absolute Gasteiger partial charge is 0.348 e. The zero-order chi connectivity index (χ0) is 13.1. The normalized spacial score (nSPS) is 23.7. The van der Waals surface area contributed by atoms with Gasteiger partial charge < -0.3 is 10.6 Å². The lowest BCUT2D eigenvalue weighted by atomic mass is 9.99. The number of carbonyl (C=O) groups excluding carboxylic acids is 1. The van der Waals surface area contributed by atoms with Gasteiger partial charge in [0.05, 0.1) is 0 Å². The number of hydrogen-bond donors (Lipinski definition) is 2. The third-order valence-corrected chi connectivity index (χ3v) is 3.92. The molecule has 1 aliphatic rings. The number of hydrogen-bond acceptors (Lipinski definition) is 2. The maximum atomic E-state index is 12.1. The predicted octanol–water partition coefficient (Wildman–Crippen LogP) is 2.52. The molecule has 3 nitrogen and oxygen atoms in total. The van der Waals surface area contributed by atoms with Crippen LogP contribution in [0, 0.1) is 6.92 Å². The second-order valence-electron chi connectivity index (χ2n) is 4.93. The van der Waals surface area contributed by atoms with E-state index >= 15 is 0 Å². The van der Waals surface area contributed by atoms with Crippen LogP contribution in [0.1, 0.15) is 35.7 Å². The molecule has 1 aliphatic heterocycles. The quantitative estimate of drug-likeness (QED) is 0.864. The van der Waals surface area contributed by atoms with Crippen LogP contribution in [0.15, 0.2) is 18.2 Å². The molecule has 0 aliphatic carbocycles. The molecule has 2 N–H and O–H groups in total.